The fraction of sp³-hybridized carbons (Fsp3) is 0.286. The van der Waals surface area contributed by atoms with Crippen molar-refractivity contribution in [2.45, 2.75) is 32.8 Å². The van der Waals surface area contributed by atoms with Crippen LogP contribution in [0.5, 0.6) is 0 Å². The molecule has 0 aliphatic heterocycles. The van der Waals surface area contributed by atoms with Crippen LogP contribution in [0, 0.1) is 5.41 Å². The highest BCUT2D eigenvalue weighted by atomic mass is 16.3. The molecule has 0 saturated carbocycles. The van der Waals surface area contributed by atoms with Crippen molar-refractivity contribution in [3.05, 3.63) is 71.8 Å². The van der Waals surface area contributed by atoms with Crippen molar-refractivity contribution >= 4 is 17.2 Å². The minimum atomic E-state index is -0.398. The number of allylic oxidation sites excluding steroid dienone is 1. The molecule has 3 nitrogen and oxygen atoms in total. The predicted octanol–water partition coefficient (Wildman–Crippen LogP) is 4.50. The summed E-state index contributed by atoms with van der Waals surface area (Å²) < 4.78 is 0. The maximum Gasteiger partial charge on any atom is 0.255 e. The second-order valence-electron chi connectivity index (χ2n) is 7.20. The smallest absolute Gasteiger partial charge is 0.255 e. The van der Waals surface area contributed by atoms with Gasteiger partial charge in [-0.15, -0.1) is 0 Å². The van der Waals surface area contributed by atoms with E-state index in [2.05, 4.69) is 19.2 Å². The Kier molecular flexibility index (Phi) is 4.54. The Bertz CT molecular complexity index is 745. The molecule has 0 heterocycles. The van der Waals surface area contributed by atoms with Crippen molar-refractivity contribution in [3.63, 3.8) is 0 Å². The highest BCUT2D eigenvalue weighted by Gasteiger charge is 2.28. The Labute approximate surface area is 143 Å². The molecule has 2 aromatic carbocycles. The summed E-state index contributed by atoms with van der Waals surface area (Å²) in [5.41, 5.74) is 3.71. The van der Waals surface area contributed by atoms with Crippen LogP contribution < -0.4 is 5.32 Å². The second kappa shape index (κ2) is 6.62. The summed E-state index contributed by atoms with van der Waals surface area (Å²) in [4.78, 5) is 12.3. The lowest BCUT2D eigenvalue weighted by molar-refractivity contribution is 0.102. The summed E-state index contributed by atoms with van der Waals surface area (Å²) in [6, 6.07) is 17.0. The fourth-order valence-electron chi connectivity index (χ4n) is 3.26. The van der Waals surface area contributed by atoms with Crippen LogP contribution in [0.2, 0.25) is 0 Å². The Hall–Kier alpha value is -2.39. The first-order chi connectivity index (χ1) is 11.4. The summed E-state index contributed by atoms with van der Waals surface area (Å²) in [6.45, 7) is 4.34. The molecule has 0 spiro atoms. The molecule has 124 valence electrons. The van der Waals surface area contributed by atoms with Crippen LogP contribution in [0.3, 0.4) is 0 Å². The van der Waals surface area contributed by atoms with Gasteiger partial charge in [0.1, 0.15) is 0 Å². The Morgan fingerprint density at radius 2 is 1.75 bits per heavy atom. The van der Waals surface area contributed by atoms with E-state index in [1.165, 1.54) is 0 Å². The maximum atomic E-state index is 12.3. The number of rotatable bonds is 3. The first-order valence-electron chi connectivity index (χ1n) is 8.29. The molecule has 0 radical (unpaired) electrons. The average Bonchev–Trinajstić information content (AvgIpc) is 2.54. The van der Waals surface area contributed by atoms with Crippen molar-refractivity contribution in [3.8, 4) is 0 Å². The maximum absolute atomic E-state index is 12.3. The Morgan fingerprint density at radius 1 is 1.08 bits per heavy atom. The van der Waals surface area contributed by atoms with Gasteiger partial charge in [-0.05, 0) is 53.7 Å². The summed E-state index contributed by atoms with van der Waals surface area (Å²) >= 11 is 0. The molecule has 0 saturated heterocycles. The van der Waals surface area contributed by atoms with E-state index >= 15 is 0 Å². The highest BCUT2D eigenvalue weighted by Crippen LogP contribution is 2.39. The molecule has 1 aliphatic rings. The molecule has 1 aliphatic carbocycles. The molecular formula is C21H23NO2. The summed E-state index contributed by atoms with van der Waals surface area (Å²) in [6.07, 6.45) is 3.25. The number of carbonyl (C=O) groups excluding carboxylic acids is 1. The van der Waals surface area contributed by atoms with E-state index in [1.54, 1.807) is 0 Å². The number of amides is 1. The van der Waals surface area contributed by atoms with Crippen LogP contribution in [0.25, 0.3) is 5.57 Å². The van der Waals surface area contributed by atoms with E-state index in [0.29, 0.717) is 5.56 Å². The second-order valence-corrected chi connectivity index (χ2v) is 7.20. The molecule has 3 heteroatoms. The number of benzene rings is 2. The number of aliphatic hydroxyl groups is 1. The molecule has 0 aromatic heterocycles. The zero-order chi connectivity index (χ0) is 17.2. The first kappa shape index (κ1) is 16.5. The number of carbonyl (C=O) groups is 1. The van der Waals surface area contributed by atoms with E-state index in [1.807, 2.05) is 60.7 Å². The molecule has 1 atom stereocenters. The Morgan fingerprint density at radius 3 is 2.38 bits per heavy atom. The van der Waals surface area contributed by atoms with E-state index in [9.17, 15) is 9.90 Å². The van der Waals surface area contributed by atoms with E-state index in [4.69, 9.17) is 0 Å². The van der Waals surface area contributed by atoms with Crippen molar-refractivity contribution < 1.29 is 9.90 Å². The van der Waals surface area contributed by atoms with Crippen LogP contribution in [0.4, 0.5) is 5.69 Å². The number of hydrogen-bond donors (Lipinski definition) is 2. The van der Waals surface area contributed by atoms with Gasteiger partial charge in [0.2, 0.25) is 0 Å². The SMILES string of the molecule is CC1(C)CC(c2ccc(C(=O)Nc3ccccc3)cc2)=CC(O)C1. The number of para-hydroxylation sites is 1. The third-order valence-corrected chi connectivity index (χ3v) is 4.37. The number of nitrogens with one attached hydrogen (secondary N) is 1. The predicted molar refractivity (Wildman–Crippen MR) is 97.8 cm³/mol. The number of hydrogen-bond acceptors (Lipinski definition) is 2. The van der Waals surface area contributed by atoms with Gasteiger partial charge in [-0.3, -0.25) is 4.79 Å². The zero-order valence-electron chi connectivity index (χ0n) is 14.1. The standard InChI is InChI=1S/C21H23NO2/c1-21(2)13-17(12-19(23)14-21)15-8-10-16(11-9-15)20(24)22-18-6-4-3-5-7-18/h3-12,19,23H,13-14H2,1-2H3,(H,22,24). The molecule has 2 aromatic rings. The van der Waals surface area contributed by atoms with Gasteiger partial charge in [0.15, 0.2) is 0 Å². The van der Waals surface area contributed by atoms with Crippen LogP contribution >= 0.6 is 0 Å². The molecule has 1 unspecified atom stereocenters. The largest absolute Gasteiger partial charge is 0.389 e. The van der Waals surface area contributed by atoms with Crippen LogP contribution in [0.1, 0.15) is 42.6 Å². The quantitative estimate of drug-likeness (QED) is 0.874. The van der Waals surface area contributed by atoms with Gasteiger partial charge in [-0.1, -0.05) is 50.3 Å². The van der Waals surface area contributed by atoms with Crippen molar-refractivity contribution in [1.29, 1.82) is 0 Å². The van der Waals surface area contributed by atoms with Gasteiger partial charge >= 0.3 is 0 Å². The van der Waals surface area contributed by atoms with Crippen molar-refractivity contribution in [2.24, 2.45) is 5.41 Å². The van der Waals surface area contributed by atoms with Crippen LogP contribution in [-0.4, -0.2) is 17.1 Å². The molecule has 2 N–H and O–H groups in total. The van der Waals surface area contributed by atoms with Crippen molar-refractivity contribution in [2.75, 3.05) is 5.32 Å². The normalized spacial score (nSPS) is 19.5. The van der Waals surface area contributed by atoms with Gasteiger partial charge in [0.05, 0.1) is 6.10 Å². The van der Waals surface area contributed by atoms with Gasteiger partial charge in [-0.25, -0.2) is 0 Å². The van der Waals surface area contributed by atoms with Crippen LogP contribution in [-0.2, 0) is 0 Å². The monoisotopic (exact) mass is 321 g/mol. The van der Waals surface area contributed by atoms with Gasteiger partial charge in [-0.2, -0.15) is 0 Å². The molecular weight excluding hydrogens is 298 g/mol. The average molecular weight is 321 g/mol. The van der Waals surface area contributed by atoms with Crippen LogP contribution in [0.15, 0.2) is 60.7 Å². The topological polar surface area (TPSA) is 49.3 Å². The van der Waals surface area contributed by atoms with Crippen molar-refractivity contribution in [1.82, 2.24) is 0 Å². The van der Waals surface area contributed by atoms with E-state index in [-0.39, 0.29) is 11.3 Å². The number of aliphatic hydroxyl groups excluding tert-OH is 1. The summed E-state index contributed by atoms with van der Waals surface area (Å²) in [5.74, 6) is -0.120. The van der Waals surface area contributed by atoms with E-state index in [0.717, 1.165) is 29.7 Å². The lowest BCUT2D eigenvalue weighted by atomic mass is 9.74. The minimum absolute atomic E-state index is 0.0901. The molecule has 0 fully saturated rings. The van der Waals surface area contributed by atoms with Gasteiger partial charge in [0, 0.05) is 11.3 Å². The molecule has 1 amide bonds. The summed E-state index contributed by atoms with van der Waals surface area (Å²) in [7, 11) is 0. The fourth-order valence-corrected chi connectivity index (χ4v) is 3.26. The lowest BCUT2D eigenvalue weighted by Gasteiger charge is -2.32. The Balaban J connectivity index is 1.75. The minimum Gasteiger partial charge on any atom is -0.389 e. The lowest BCUT2D eigenvalue weighted by Crippen LogP contribution is -2.24. The third kappa shape index (κ3) is 3.92. The highest BCUT2D eigenvalue weighted by molar-refractivity contribution is 6.04. The number of anilines is 1. The molecule has 24 heavy (non-hydrogen) atoms. The summed E-state index contributed by atoms with van der Waals surface area (Å²) in [5, 5.41) is 12.9. The van der Waals surface area contributed by atoms with Gasteiger partial charge < -0.3 is 10.4 Å². The first-order valence-corrected chi connectivity index (χ1v) is 8.29. The zero-order valence-corrected chi connectivity index (χ0v) is 14.1. The van der Waals surface area contributed by atoms with Gasteiger partial charge in [0.25, 0.3) is 5.91 Å². The third-order valence-electron chi connectivity index (χ3n) is 4.37. The molecule has 0 bridgehead atoms. The molecule has 3 rings (SSSR count). The van der Waals surface area contributed by atoms with E-state index < -0.39 is 6.10 Å².